The number of aryl methyl sites for hydroxylation is 1. The Morgan fingerprint density at radius 1 is 1.50 bits per heavy atom. The Bertz CT molecular complexity index is 596. The second-order valence-corrected chi connectivity index (χ2v) is 3.87. The maximum absolute atomic E-state index is 10.9. The van der Waals surface area contributed by atoms with Crippen LogP contribution in [-0.4, -0.2) is 16.1 Å². The fourth-order valence-corrected chi connectivity index (χ4v) is 1.73. The molecule has 2 aromatic rings. The number of aromatic carboxylic acids is 1. The summed E-state index contributed by atoms with van der Waals surface area (Å²) in [6, 6.07) is 3.36. The molecule has 5 heteroatoms. The van der Waals surface area contributed by atoms with E-state index in [9.17, 15) is 4.79 Å². The van der Waals surface area contributed by atoms with E-state index in [0.717, 1.165) is 5.56 Å². The highest BCUT2D eigenvalue weighted by Gasteiger charge is 2.13. The van der Waals surface area contributed by atoms with E-state index >= 15 is 0 Å². The van der Waals surface area contributed by atoms with Crippen LogP contribution in [0.1, 0.15) is 15.9 Å². The predicted octanol–water partition coefficient (Wildman–Crippen LogP) is 2.48. The van der Waals surface area contributed by atoms with E-state index in [1.54, 1.807) is 12.1 Å². The van der Waals surface area contributed by atoms with Crippen LogP contribution in [0.25, 0.3) is 10.9 Å². The highest BCUT2D eigenvalue weighted by Crippen LogP contribution is 2.29. The van der Waals surface area contributed by atoms with Gasteiger partial charge in [0.05, 0.1) is 11.2 Å². The lowest BCUT2D eigenvalue weighted by Crippen LogP contribution is -2.04. The molecule has 16 heavy (non-hydrogen) atoms. The molecule has 0 unspecified atom stereocenters. The average Bonchev–Trinajstić information content (AvgIpc) is 2.23. The number of carboxylic acid groups (broad SMARTS) is 1. The van der Waals surface area contributed by atoms with E-state index in [1.165, 1.54) is 6.20 Å². The zero-order valence-corrected chi connectivity index (χ0v) is 9.25. The molecule has 0 aliphatic heterocycles. The third-order valence-electron chi connectivity index (χ3n) is 2.50. The van der Waals surface area contributed by atoms with Crippen LogP contribution in [0.5, 0.6) is 0 Å². The number of carbonyl (C=O) groups is 1. The third-order valence-corrected chi connectivity index (χ3v) is 2.91. The summed E-state index contributed by atoms with van der Waals surface area (Å²) in [5.41, 5.74) is 7.43. The summed E-state index contributed by atoms with van der Waals surface area (Å²) in [6.45, 7) is 1.82. The Morgan fingerprint density at radius 3 is 2.81 bits per heavy atom. The van der Waals surface area contributed by atoms with Gasteiger partial charge in [-0.05, 0) is 24.6 Å². The van der Waals surface area contributed by atoms with Crippen LogP contribution in [0.3, 0.4) is 0 Å². The van der Waals surface area contributed by atoms with E-state index in [-0.39, 0.29) is 11.3 Å². The minimum absolute atomic E-state index is 0.00854. The molecule has 0 bridgehead atoms. The molecule has 0 fully saturated rings. The number of fused-ring (bicyclic) bond motifs is 1. The van der Waals surface area contributed by atoms with Gasteiger partial charge in [-0.3, -0.25) is 4.98 Å². The second kappa shape index (κ2) is 3.64. The quantitative estimate of drug-likeness (QED) is 0.798. The number of halogens is 1. The van der Waals surface area contributed by atoms with Crippen molar-refractivity contribution in [1.29, 1.82) is 0 Å². The SMILES string of the molecule is Cc1c(Cl)ccc2c(N)c(C(=O)O)cnc12. The standard InChI is InChI=1S/C11H9ClN2O2/c1-5-8(12)3-2-6-9(13)7(11(15)16)4-14-10(5)6/h2-4H,1H3,(H2,13,14)(H,15,16). The van der Waals surface area contributed by atoms with Gasteiger partial charge in [-0.25, -0.2) is 4.79 Å². The van der Waals surface area contributed by atoms with Gasteiger partial charge in [-0.1, -0.05) is 11.6 Å². The van der Waals surface area contributed by atoms with Crippen molar-refractivity contribution >= 4 is 34.2 Å². The molecule has 0 atom stereocenters. The minimum Gasteiger partial charge on any atom is -0.478 e. The monoisotopic (exact) mass is 236 g/mol. The highest BCUT2D eigenvalue weighted by molar-refractivity contribution is 6.32. The second-order valence-electron chi connectivity index (χ2n) is 3.46. The van der Waals surface area contributed by atoms with Crippen molar-refractivity contribution in [3.05, 3.63) is 34.5 Å². The number of hydrogen-bond donors (Lipinski definition) is 2. The van der Waals surface area contributed by atoms with E-state index in [4.69, 9.17) is 22.4 Å². The summed E-state index contributed by atoms with van der Waals surface area (Å²) < 4.78 is 0. The number of nitrogens with zero attached hydrogens (tertiary/aromatic N) is 1. The third kappa shape index (κ3) is 1.47. The van der Waals surface area contributed by atoms with Crippen molar-refractivity contribution in [1.82, 2.24) is 4.98 Å². The van der Waals surface area contributed by atoms with Crippen LogP contribution >= 0.6 is 11.6 Å². The number of pyridine rings is 1. The van der Waals surface area contributed by atoms with Gasteiger partial charge < -0.3 is 10.8 Å². The molecule has 0 saturated heterocycles. The largest absolute Gasteiger partial charge is 0.478 e. The van der Waals surface area contributed by atoms with Gasteiger partial charge in [0.2, 0.25) is 0 Å². The summed E-state index contributed by atoms with van der Waals surface area (Å²) in [7, 11) is 0. The van der Waals surface area contributed by atoms with Crippen molar-refractivity contribution in [3.63, 3.8) is 0 Å². The summed E-state index contributed by atoms with van der Waals surface area (Å²) in [6.07, 6.45) is 1.25. The number of carboxylic acids is 1. The predicted molar refractivity (Wildman–Crippen MR) is 62.9 cm³/mol. The Morgan fingerprint density at radius 2 is 2.19 bits per heavy atom. The van der Waals surface area contributed by atoms with Crippen molar-refractivity contribution in [2.75, 3.05) is 5.73 Å². The molecule has 0 aliphatic rings. The first-order valence-electron chi connectivity index (χ1n) is 4.59. The molecule has 1 aromatic heterocycles. The van der Waals surface area contributed by atoms with Gasteiger partial charge in [0, 0.05) is 16.6 Å². The molecule has 2 rings (SSSR count). The lowest BCUT2D eigenvalue weighted by molar-refractivity contribution is 0.0698. The molecule has 0 amide bonds. The van der Waals surface area contributed by atoms with Crippen LogP contribution in [-0.2, 0) is 0 Å². The van der Waals surface area contributed by atoms with E-state index < -0.39 is 5.97 Å². The van der Waals surface area contributed by atoms with Gasteiger partial charge in [0.1, 0.15) is 5.56 Å². The molecule has 0 aliphatic carbocycles. The van der Waals surface area contributed by atoms with Crippen LogP contribution < -0.4 is 5.73 Å². The number of hydrogen-bond acceptors (Lipinski definition) is 3. The molecular weight excluding hydrogens is 228 g/mol. The Labute approximate surface area is 96.7 Å². The summed E-state index contributed by atoms with van der Waals surface area (Å²) >= 11 is 5.95. The normalized spacial score (nSPS) is 10.6. The van der Waals surface area contributed by atoms with E-state index in [0.29, 0.717) is 15.9 Å². The number of benzene rings is 1. The number of nitrogens with two attached hydrogens (primary N) is 1. The molecule has 0 radical (unpaired) electrons. The number of anilines is 1. The Kier molecular flexibility index (Phi) is 2.44. The molecule has 82 valence electrons. The maximum atomic E-state index is 10.9. The van der Waals surface area contributed by atoms with Gasteiger partial charge in [0.25, 0.3) is 0 Å². The van der Waals surface area contributed by atoms with E-state index in [1.807, 2.05) is 6.92 Å². The molecule has 1 aromatic carbocycles. The zero-order valence-electron chi connectivity index (χ0n) is 8.49. The lowest BCUT2D eigenvalue weighted by Gasteiger charge is -2.08. The van der Waals surface area contributed by atoms with Crippen molar-refractivity contribution < 1.29 is 9.90 Å². The minimum atomic E-state index is -1.08. The number of aromatic nitrogens is 1. The topological polar surface area (TPSA) is 76.2 Å². The van der Waals surface area contributed by atoms with Crippen molar-refractivity contribution in [3.8, 4) is 0 Å². The zero-order chi connectivity index (χ0) is 11.9. The summed E-state index contributed by atoms with van der Waals surface area (Å²) in [4.78, 5) is 14.9. The van der Waals surface area contributed by atoms with Crippen LogP contribution in [0.15, 0.2) is 18.3 Å². The average molecular weight is 237 g/mol. The molecule has 3 N–H and O–H groups in total. The fourth-order valence-electron chi connectivity index (χ4n) is 1.57. The molecular formula is C11H9ClN2O2. The Balaban J connectivity index is 2.87. The molecule has 0 spiro atoms. The van der Waals surface area contributed by atoms with Crippen LogP contribution in [0, 0.1) is 6.92 Å². The Hall–Kier alpha value is -1.81. The van der Waals surface area contributed by atoms with Crippen molar-refractivity contribution in [2.24, 2.45) is 0 Å². The first kappa shape index (κ1) is 10.7. The van der Waals surface area contributed by atoms with Gasteiger partial charge in [0.15, 0.2) is 0 Å². The van der Waals surface area contributed by atoms with Gasteiger partial charge >= 0.3 is 5.97 Å². The fraction of sp³-hybridized carbons (Fsp3) is 0.0909. The molecule has 1 heterocycles. The summed E-state index contributed by atoms with van der Waals surface area (Å²) in [5.74, 6) is -1.08. The van der Waals surface area contributed by atoms with Gasteiger partial charge in [-0.2, -0.15) is 0 Å². The van der Waals surface area contributed by atoms with Crippen molar-refractivity contribution in [2.45, 2.75) is 6.92 Å². The first-order chi connectivity index (χ1) is 7.52. The van der Waals surface area contributed by atoms with Gasteiger partial charge in [-0.15, -0.1) is 0 Å². The maximum Gasteiger partial charge on any atom is 0.339 e. The summed E-state index contributed by atoms with van der Waals surface area (Å²) in [5, 5.41) is 10.1. The number of rotatable bonds is 1. The van der Waals surface area contributed by atoms with E-state index in [2.05, 4.69) is 4.98 Å². The smallest absolute Gasteiger partial charge is 0.339 e. The number of nitrogen functional groups attached to an aromatic ring is 1. The molecule has 0 saturated carbocycles. The molecule has 4 nitrogen and oxygen atoms in total. The lowest BCUT2D eigenvalue weighted by atomic mass is 10.1. The first-order valence-corrected chi connectivity index (χ1v) is 4.96. The van der Waals surface area contributed by atoms with Crippen LogP contribution in [0.4, 0.5) is 5.69 Å². The highest BCUT2D eigenvalue weighted by atomic mass is 35.5. The van der Waals surface area contributed by atoms with Crippen LogP contribution in [0.2, 0.25) is 5.02 Å².